The van der Waals surface area contributed by atoms with Gasteiger partial charge in [0.2, 0.25) is 5.91 Å². The number of hydrogen-bond acceptors (Lipinski definition) is 3. The van der Waals surface area contributed by atoms with Crippen LogP contribution in [0.2, 0.25) is 0 Å². The van der Waals surface area contributed by atoms with Gasteiger partial charge in [-0.15, -0.1) is 0 Å². The Morgan fingerprint density at radius 3 is 2.45 bits per heavy atom. The van der Waals surface area contributed by atoms with Crippen molar-refractivity contribution in [1.82, 2.24) is 10.6 Å². The topological polar surface area (TPSA) is 67.4 Å². The highest BCUT2D eigenvalue weighted by atomic mass is 16.5. The van der Waals surface area contributed by atoms with Crippen LogP contribution in [0.25, 0.3) is 0 Å². The van der Waals surface area contributed by atoms with E-state index >= 15 is 0 Å². The van der Waals surface area contributed by atoms with Crippen molar-refractivity contribution in [3.05, 3.63) is 35.4 Å². The maximum atomic E-state index is 11.6. The molecule has 2 amide bonds. The van der Waals surface area contributed by atoms with Crippen LogP contribution < -0.4 is 10.6 Å². The summed E-state index contributed by atoms with van der Waals surface area (Å²) < 4.78 is 4.89. The maximum absolute atomic E-state index is 11.6. The van der Waals surface area contributed by atoms with Gasteiger partial charge in [0.15, 0.2) is 0 Å². The molecule has 2 N–H and O–H groups in total. The fraction of sp³-hybridized carbons (Fsp3) is 0.467. The van der Waals surface area contributed by atoms with Crippen LogP contribution in [0.1, 0.15) is 35.7 Å². The smallest absolute Gasteiger partial charge is 0.251 e. The summed E-state index contributed by atoms with van der Waals surface area (Å²) in [5.41, 5.74) is 1.60. The van der Waals surface area contributed by atoms with Crippen molar-refractivity contribution in [2.45, 2.75) is 26.3 Å². The molecule has 110 valence electrons. The van der Waals surface area contributed by atoms with E-state index in [1.165, 1.54) is 0 Å². The van der Waals surface area contributed by atoms with E-state index in [-0.39, 0.29) is 11.8 Å². The first-order valence-electron chi connectivity index (χ1n) is 6.80. The molecule has 1 rings (SSSR count). The highest BCUT2D eigenvalue weighted by Crippen LogP contribution is 2.04. The number of nitrogens with one attached hydrogen (secondary N) is 2. The molecule has 0 aliphatic rings. The second kappa shape index (κ2) is 9.09. The SMILES string of the molecule is CCNC(=O)c1ccc(CNC(=O)CCCOC)cc1. The number of rotatable bonds is 8. The van der Waals surface area contributed by atoms with E-state index in [0.717, 1.165) is 12.0 Å². The molecule has 0 spiro atoms. The molecule has 0 radical (unpaired) electrons. The van der Waals surface area contributed by atoms with E-state index in [4.69, 9.17) is 4.74 Å². The Morgan fingerprint density at radius 1 is 1.15 bits per heavy atom. The van der Waals surface area contributed by atoms with Gasteiger partial charge in [-0.2, -0.15) is 0 Å². The Kier molecular flexibility index (Phi) is 7.35. The lowest BCUT2D eigenvalue weighted by molar-refractivity contribution is -0.121. The van der Waals surface area contributed by atoms with Crippen molar-refractivity contribution in [2.75, 3.05) is 20.3 Å². The van der Waals surface area contributed by atoms with Gasteiger partial charge in [0.05, 0.1) is 0 Å². The second-order valence-corrected chi connectivity index (χ2v) is 4.43. The van der Waals surface area contributed by atoms with E-state index in [1.54, 1.807) is 19.2 Å². The van der Waals surface area contributed by atoms with E-state index in [0.29, 0.717) is 31.7 Å². The average molecular weight is 278 g/mol. The van der Waals surface area contributed by atoms with Crippen LogP contribution in [-0.2, 0) is 16.1 Å². The van der Waals surface area contributed by atoms with Crippen LogP contribution in [0.15, 0.2) is 24.3 Å². The monoisotopic (exact) mass is 278 g/mol. The number of carbonyl (C=O) groups excluding carboxylic acids is 2. The summed E-state index contributed by atoms with van der Waals surface area (Å²) in [7, 11) is 1.62. The van der Waals surface area contributed by atoms with Crippen LogP contribution in [0, 0.1) is 0 Å². The molecule has 0 aromatic heterocycles. The Balaban J connectivity index is 2.38. The lowest BCUT2D eigenvalue weighted by atomic mass is 10.1. The zero-order chi connectivity index (χ0) is 14.8. The number of methoxy groups -OCH3 is 1. The Hall–Kier alpha value is -1.88. The third-order valence-corrected chi connectivity index (χ3v) is 2.80. The van der Waals surface area contributed by atoms with E-state index < -0.39 is 0 Å². The van der Waals surface area contributed by atoms with Gasteiger partial charge in [0.25, 0.3) is 5.91 Å². The molecule has 0 aliphatic heterocycles. The molecular formula is C15H22N2O3. The molecular weight excluding hydrogens is 256 g/mol. The minimum absolute atomic E-state index is 0.00912. The predicted molar refractivity (Wildman–Crippen MR) is 77.4 cm³/mol. The van der Waals surface area contributed by atoms with Gasteiger partial charge < -0.3 is 15.4 Å². The molecule has 20 heavy (non-hydrogen) atoms. The number of carbonyl (C=O) groups is 2. The van der Waals surface area contributed by atoms with Gasteiger partial charge in [0.1, 0.15) is 0 Å². The van der Waals surface area contributed by atoms with Gasteiger partial charge in [-0.1, -0.05) is 12.1 Å². The Bertz CT molecular complexity index is 429. The van der Waals surface area contributed by atoms with E-state index in [2.05, 4.69) is 10.6 Å². The third kappa shape index (κ3) is 5.84. The zero-order valence-electron chi connectivity index (χ0n) is 12.1. The van der Waals surface area contributed by atoms with Crippen LogP contribution >= 0.6 is 0 Å². The van der Waals surface area contributed by atoms with Gasteiger partial charge in [-0.05, 0) is 31.0 Å². The molecule has 1 aromatic rings. The first kappa shape index (κ1) is 16.2. The zero-order valence-corrected chi connectivity index (χ0v) is 12.1. The van der Waals surface area contributed by atoms with Crippen molar-refractivity contribution in [3.63, 3.8) is 0 Å². The van der Waals surface area contributed by atoms with Crippen molar-refractivity contribution in [2.24, 2.45) is 0 Å². The summed E-state index contributed by atoms with van der Waals surface area (Å²) in [5, 5.41) is 5.58. The summed E-state index contributed by atoms with van der Waals surface area (Å²) in [6, 6.07) is 7.22. The lowest BCUT2D eigenvalue weighted by Gasteiger charge is -2.06. The number of benzene rings is 1. The second-order valence-electron chi connectivity index (χ2n) is 4.43. The highest BCUT2D eigenvalue weighted by Gasteiger charge is 2.04. The maximum Gasteiger partial charge on any atom is 0.251 e. The predicted octanol–water partition coefficient (Wildman–Crippen LogP) is 1.48. The molecule has 1 aromatic carbocycles. The normalized spacial score (nSPS) is 10.1. The van der Waals surface area contributed by atoms with E-state index in [1.807, 2.05) is 19.1 Å². The molecule has 0 aliphatic carbocycles. The number of ether oxygens (including phenoxy) is 1. The first-order valence-corrected chi connectivity index (χ1v) is 6.80. The highest BCUT2D eigenvalue weighted by molar-refractivity contribution is 5.94. The molecule has 0 unspecified atom stereocenters. The Labute approximate surface area is 119 Å². The molecule has 5 nitrogen and oxygen atoms in total. The molecule has 0 bridgehead atoms. The van der Waals surface area contributed by atoms with Crippen molar-refractivity contribution in [3.8, 4) is 0 Å². The largest absolute Gasteiger partial charge is 0.385 e. The Morgan fingerprint density at radius 2 is 1.85 bits per heavy atom. The van der Waals surface area contributed by atoms with Crippen LogP contribution in [0.4, 0.5) is 0 Å². The lowest BCUT2D eigenvalue weighted by Crippen LogP contribution is -2.23. The fourth-order valence-electron chi connectivity index (χ4n) is 1.70. The summed E-state index contributed by atoms with van der Waals surface area (Å²) in [5.74, 6) is -0.0718. The molecule has 0 fully saturated rings. The minimum Gasteiger partial charge on any atom is -0.385 e. The fourth-order valence-corrected chi connectivity index (χ4v) is 1.70. The van der Waals surface area contributed by atoms with Gasteiger partial charge in [0, 0.05) is 38.8 Å². The number of amides is 2. The van der Waals surface area contributed by atoms with Crippen molar-refractivity contribution >= 4 is 11.8 Å². The third-order valence-electron chi connectivity index (χ3n) is 2.80. The van der Waals surface area contributed by atoms with Gasteiger partial charge in [-0.3, -0.25) is 9.59 Å². The molecule has 0 saturated carbocycles. The summed E-state index contributed by atoms with van der Waals surface area (Å²) in [6.07, 6.45) is 1.18. The molecule has 0 atom stereocenters. The molecule has 5 heteroatoms. The first-order chi connectivity index (χ1) is 9.67. The summed E-state index contributed by atoms with van der Waals surface area (Å²) in [6.45, 7) is 3.56. The molecule has 0 heterocycles. The van der Waals surface area contributed by atoms with Crippen molar-refractivity contribution in [1.29, 1.82) is 0 Å². The van der Waals surface area contributed by atoms with Crippen LogP contribution in [-0.4, -0.2) is 32.1 Å². The standard InChI is InChI=1S/C15H22N2O3/c1-3-16-15(19)13-8-6-12(7-9-13)11-17-14(18)5-4-10-20-2/h6-9H,3-5,10-11H2,1-2H3,(H,16,19)(H,17,18). The minimum atomic E-state index is -0.0809. The van der Waals surface area contributed by atoms with Crippen LogP contribution in [0.3, 0.4) is 0 Å². The van der Waals surface area contributed by atoms with Crippen molar-refractivity contribution < 1.29 is 14.3 Å². The van der Waals surface area contributed by atoms with Crippen LogP contribution in [0.5, 0.6) is 0 Å². The quantitative estimate of drug-likeness (QED) is 0.708. The van der Waals surface area contributed by atoms with E-state index in [9.17, 15) is 9.59 Å². The van der Waals surface area contributed by atoms with Gasteiger partial charge >= 0.3 is 0 Å². The molecule has 0 saturated heterocycles. The summed E-state index contributed by atoms with van der Waals surface area (Å²) >= 11 is 0. The summed E-state index contributed by atoms with van der Waals surface area (Å²) in [4.78, 5) is 23.1. The number of hydrogen-bond donors (Lipinski definition) is 2. The van der Waals surface area contributed by atoms with Gasteiger partial charge in [-0.25, -0.2) is 0 Å². The average Bonchev–Trinajstić information content (AvgIpc) is 2.46.